The van der Waals surface area contributed by atoms with Crippen molar-refractivity contribution in [3.63, 3.8) is 0 Å². The minimum atomic E-state index is -0.243. The molecule has 2 atom stereocenters. The summed E-state index contributed by atoms with van der Waals surface area (Å²) >= 11 is 0. The summed E-state index contributed by atoms with van der Waals surface area (Å²) < 4.78 is 23.9. The Balaban J connectivity index is 1.65. The van der Waals surface area contributed by atoms with Gasteiger partial charge in [0.15, 0.2) is 0 Å². The number of ether oxygens (including phenoxy) is 2. The zero-order chi connectivity index (χ0) is 20.1. The van der Waals surface area contributed by atoms with E-state index in [1.807, 2.05) is 25.1 Å². The van der Waals surface area contributed by atoms with Crippen molar-refractivity contribution in [1.82, 2.24) is 10.2 Å². The summed E-state index contributed by atoms with van der Waals surface area (Å²) in [5.74, 6) is 1.13. The third-order valence-electron chi connectivity index (χ3n) is 5.25. The molecule has 150 valence electrons. The second-order valence-corrected chi connectivity index (χ2v) is 7.08. The molecule has 0 spiro atoms. The molecule has 3 rings (SSSR count). The molecule has 2 aromatic rings. The minimum absolute atomic E-state index is 0.0496. The molecule has 2 unspecified atom stereocenters. The van der Waals surface area contributed by atoms with Gasteiger partial charge in [-0.15, -0.1) is 0 Å². The van der Waals surface area contributed by atoms with Crippen molar-refractivity contribution in [3.05, 3.63) is 59.4 Å². The molecule has 6 heteroatoms. The van der Waals surface area contributed by atoms with Gasteiger partial charge >= 0.3 is 0 Å². The van der Waals surface area contributed by atoms with E-state index in [0.29, 0.717) is 18.0 Å². The molecule has 1 aliphatic heterocycles. The number of nitrogens with zero attached hydrogens (tertiary/aromatic N) is 1. The fourth-order valence-electron chi connectivity index (χ4n) is 3.80. The Morgan fingerprint density at radius 3 is 2.64 bits per heavy atom. The lowest BCUT2D eigenvalue weighted by molar-refractivity contribution is -0.123. The van der Waals surface area contributed by atoms with E-state index in [1.165, 1.54) is 12.1 Å². The van der Waals surface area contributed by atoms with Gasteiger partial charge in [-0.25, -0.2) is 4.39 Å². The van der Waals surface area contributed by atoms with Crippen LogP contribution in [0.15, 0.2) is 42.5 Å². The summed E-state index contributed by atoms with van der Waals surface area (Å²) in [6, 6.07) is 12.0. The predicted molar refractivity (Wildman–Crippen MR) is 106 cm³/mol. The number of benzene rings is 2. The molecule has 0 aromatic heterocycles. The van der Waals surface area contributed by atoms with E-state index in [2.05, 4.69) is 10.2 Å². The second-order valence-electron chi connectivity index (χ2n) is 7.08. The van der Waals surface area contributed by atoms with Crippen molar-refractivity contribution in [3.8, 4) is 11.5 Å². The fraction of sp³-hybridized carbons (Fsp3) is 0.409. The van der Waals surface area contributed by atoms with Crippen molar-refractivity contribution in [2.75, 3.05) is 27.3 Å². The van der Waals surface area contributed by atoms with Crippen LogP contribution in [0.5, 0.6) is 11.5 Å². The third kappa shape index (κ3) is 4.62. The number of hydrogen-bond donors (Lipinski definition) is 1. The predicted octanol–water partition coefficient (Wildman–Crippen LogP) is 3.86. The number of carbonyl (C=O) groups is 1. The van der Waals surface area contributed by atoms with Crippen LogP contribution in [0.3, 0.4) is 0 Å². The number of nitrogens with one attached hydrogen (secondary N) is 1. The molecule has 1 fully saturated rings. The maximum Gasteiger partial charge on any atom is 0.234 e. The highest BCUT2D eigenvalue weighted by atomic mass is 19.1. The Kier molecular flexibility index (Phi) is 6.52. The molecule has 1 N–H and O–H groups in total. The van der Waals surface area contributed by atoms with E-state index in [-0.39, 0.29) is 23.8 Å². The molecule has 0 radical (unpaired) electrons. The van der Waals surface area contributed by atoms with Gasteiger partial charge in [0.25, 0.3) is 0 Å². The van der Waals surface area contributed by atoms with Crippen molar-refractivity contribution >= 4 is 5.91 Å². The SMILES string of the molecule is COc1ccc(OC)c(C(C)NC(=O)CN2CCCC2c2ccc(F)cc2)c1. The van der Waals surface area contributed by atoms with Crippen LogP contribution in [-0.2, 0) is 4.79 Å². The first-order valence-electron chi connectivity index (χ1n) is 9.52. The monoisotopic (exact) mass is 386 g/mol. The first kappa shape index (κ1) is 20.1. The summed E-state index contributed by atoms with van der Waals surface area (Å²) in [5.41, 5.74) is 1.92. The van der Waals surface area contributed by atoms with Crippen molar-refractivity contribution < 1.29 is 18.7 Å². The van der Waals surface area contributed by atoms with E-state index in [1.54, 1.807) is 26.4 Å². The first-order valence-corrected chi connectivity index (χ1v) is 9.52. The van der Waals surface area contributed by atoms with Gasteiger partial charge in [0.2, 0.25) is 5.91 Å². The van der Waals surface area contributed by atoms with Gasteiger partial charge in [0.1, 0.15) is 17.3 Å². The van der Waals surface area contributed by atoms with E-state index >= 15 is 0 Å². The number of amides is 1. The summed E-state index contributed by atoms with van der Waals surface area (Å²) in [4.78, 5) is 14.8. The summed E-state index contributed by atoms with van der Waals surface area (Å²) in [5, 5.41) is 3.05. The van der Waals surface area contributed by atoms with Gasteiger partial charge in [0, 0.05) is 11.6 Å². The Hall–Kier alpha value is -2.60. The van der Waals surface area contributed by atoms with Crippen molar-refractivity contribution in [2.24, 2.45) is 0 Å². The normalized spacial score (nSPS) is 17.9. The van der Waals surface area contributed by atoms with Gasteiger partial charge in [-0.1, -0.05) is 12.1 Å². The number of carbonyl (C=O) groups excluding carboxylic acids is 1. The van der Waals surface area contributed by atoms with Crippen LogP contribution in [0.25, 0.3) is 0 Å². The van der Waals surface area contributed by atoms with E-state index in [4.69, 9.17) is 9.47 Å². The Bertz CT molecular complexity index is 810. The Morgan fingerprint density at radius 1 is 1.21 bits per heavy atom. The third-order valence-corrected chi connectivity index (χ3v) is 5.25. The van der Waals surface area contributed by atoms with Crippen LogP contribution in [0.2, 0.25) is 0 Å². The molecule has 1 heterocycles. The fourth-order valence-corrected chi connectivity index (χ4v) is 3.80. The molecule has 1 amide bonds. The van der Waals surface area contributed by atoms with Gasteiger partial charge in [-0.05, 0) is 62.2 Å². The molecule has 0 aliphatic carbocycles. The lowest BCUT2D eigenvalue weighted by Crippen LogP contribution is -2.38. The molecular weight excluding hydrogens is 359 g/mol. The zero-order valence-corrected chi connectivity index (χ0v) is 16.6. The van der Waals surface area contributed by atoms with Crippen molar-refractivity contribution in [1.29, 1.82) is 0 Å². The highest BCUT2D eigenvalue weighted by Gasteiger charge is 2.28. The molecule has 0 bridgehead atoms. The Morgan fingerprint density at radius 2 is 1.96 bits per heavy atom. The summed E-state index contributed by atoms with van der Waals surface area (Å²) in [6.07, 6.45) is 1.99. The second kappa shape index (κ2) is 9.06. The quantitative estimate of drug-likeness (QED) is 0.785. The van der Waals surface area contributed by atoms with E-state index in [0.717, 1.165) is 30.5 Å². The van der Waals surface area contributed by atoms with Crippen LogP contribution in [0.4, 0.5) is 4.39 Å². The molecule has 0 saturated carbocycles. The highest BCUT2D eigenvalue weighted by molar-refractivity contribution is 5.78. The molecular formula is C22H27FN2O3. The standard InChI is InChI=1S/C22H27FN2O3/c1-15(19-13-18(27-2)10-11-21(19)28-3)24-22(26)14-25-12-4-5-20(25)16-6-8-17(23)9-7-16/h6-11,13,15,20H,4-5,12,14H2,1-3H3,(H,24,26). The number of rotatable bonds is 7. The average Bonchev–Trinajstić information content (AvgIpc) is 3.15. The number of hydrogen-bond acceptors (Lipinski definition) is 4. The number of halogens is 1. The Labute approximate surface area is 165 Å². The minimum Gasteiger partial charge on any atom is -0.497 e. The van der Waals surface area contributed by atoms with Crippen LogP contribution < -0.4 is 14.8 Å². The van der Waals surface area contributed by atoms with Gasteiger partial charge in [0.05, 0.1) is 26.8 Å². The maximum absolute atomic E-state index is 13.2. The van der Waals surface area contributed by atoms with Crippen LogP contribution >= 0.6 is 0 Å². The lowest BCUT2D eigenvalue weighted by Gasteiger charge is -2.25. The van der Waals surface area contributed by atoms with E-state index < -0.39 is 0 Å². The molecule has 28 heavy (non-hydrogen) atoms. The van der Waals surface area contributed by atoms with Gasteiger partial charge < -0.3 is 14.8 Å². The maximum atomic E-state index is 13.2. The van der Waals surface area contributed by atoms with E-state index in [9.17, 15) is 9.18 Å². The van der Waals surface area contributed by atoms with Crippen LogP contribution in [0, 0.1) is 5.82 Å². The van der Waals surface area contributed by atoms with Crippen LogP contribution in [-0.4, -0.2) is 38.1 Å². The number of methoxy groups -OCH3 is 2. The topological polar surface area (TPSA) is 50.8 Å². The number of likely N-dealkylation sites (tertiary alicyclic amines) is 1. The smallest absolute Gasteiger partial charge is 0.234 e. The summed E-state index contributed by atoms with van der Waals surface area (Å²) in [7, 11) is 3.22. The molecule has 5 nitrogen and oxygen atoms in total. The molecule has 2 aromatic carbocycles. The molecule has 1 saturated heterocycles. The first-order chi connectivity index (χ1) is 13.5. The van der Waals surface area contributed by atoms with Gasteiger partial charge in [-0.2, -0.15) is 0 Å². The van der Waals surface area contributed by atoms with Crippen LogP contribution in [0.1, 0.15) is 43.0 Å². The zero-order valence-electron chi connectivity index (χ0n) is 16.6. The summed E-state index contributed by atoms with van der Waals surface area (Å²) in [6.45, 7) is 3.08. The molecule has 1 aliphatic rings. The largest absolute Gasteiger partial charge is 0.497 e. The van der Waals surface area contributed by atoms with Crippen molar-refractivity contribution in [2.45, 2.75) is 31.8 Å². The average molecular weight is 386 g/mol. The lowest BCUT2D eigenvalue weighted by atomic mass is 10.0. The highest BCUT2D eigenvalue weighted by Crippen LogP contribution is 2.32. The van der Waals surface area contributed by atoms with Gasteiger partial charge in [-0.3, -0.25) is 9.69 Å².